The van der Waals surface area contributed by atoms with Crippen molar-refractivity contribution in [3.8, 4) is 17.3 Å². The van der Waals surface area contributed by atoms with Gasteiger partial charge in [0.1, 0.15) is 5.54 Å². The van der Waals surface area contributed by atoms with Crippen molar-refractivity contribution in [1.29, 1.82) is 5.26 Å². The molecule has 1 aliphatic rings. The number of benzene rings is 3. The molecule has 1 saturated heterocycles. The quantitative estimate of drug-likeness (QED) is 0.525. The van der Waals surface area contributed by atoms with E-state index in [1.165, 1.54) is 5.39 Å². The third-order valence-corrected chi connectivity index (χ3v) is 5.91. The van der Waals surface area contributed by atoms with E-state index >= 15 is 0 Å². The van der Waals surface area contributed by atoms with Crippen LogP contribution in [0.3, 0.4) is 0 Å². The number of carbonyl (C=O) groups is 1. The van der Waals surface area contributed by atoms with Gasteiger partial charge in [0.05, 0.1) is 17.3 Å². The van der Waals surface area contributed by atoms with Crippen LogP contribution in [-0.4, -0.2) is 29.0 Å². The molecular weight excluding hydrogens is 398 g/mol. The standard InChI is InChI=1S/C26H21N5O/c27-16-18-5-7-20(8-6-18)24(32)31-26(12-14-28-17-26)25-29-13-11-23(30-25)22-10-9-19-3-1-2-4-21(19)15-22/h1-11,13,15,28H,12,14,17H2,(H,31,32)/t26-/m1/s1. The van der Waals surface area contributed by atoms with E-state index in [4.69, 9.17) is 10.2 Å². The van der Waals surface area contributed by atoms with Gasteiger partial charge >= 0.3 is 0 Å². The van der Waals surface area contributed by atoms with Gasteiger partial charge in [-0.15, -0.1) is 0 Å². The highest BCUT2D eigenvalue weighted by Gasteiger charge is 2.40. The highest BCUT2D eigenvalue weighted by Crippen LogP contribution is 2.29. The smallest absolute Gasteiger partial charge is 0.252 e. The number of fused-ring (bicyclic) bond motifs is 1. The molecular formula is C26H21N5O. The Morgan fingerprint density at radius 2 is 1.84 bits per heavy atom. The van der Waals surface area contributed by atoms with Crippen LogP contribution in [0.25, 0.3) is 22.0 Å². The molecule has 5 rings (SSSR count). The Kier molecular flexibility index (Phi) is 5.10. The molecule has 2 heterocycles. The summed E-state index contributed by atoms with van der Waals surface area (Å²) in [7, 11) is 0. The number of rotatable bonds is 4. The van der Waals surface area contributed by atoms with Crippen molar-refractivity contribution in [2.75, 3.05) is 13.1 Å². The summed E-state index contributed by atoms with van der Waals surface area (Å²) in [6.07, 6.45) is 2.44. The lowest BCUT2D eigenvalue weighted by atomic mass is 9.95. The molecule has 4 aromatic rings. The van der Waals surface area contributed by atoms with Crippen LogP contribution in [0.1, 0.15) is 28.2 Å². The molecule has 3 aromatic carbocycles. The lowest BCUT2D eigenvalue weighted by Gasteiger charge is -2.28. The zero-order valence-corrected chi connectivity index (χ0v) is 17.4. The topological polar surface area (TPSA) is 90.7 Å². The fourth-order valence-electron chi connectivity index (χ4n) is 4.13. The summed E-state index contributed by atoms with van der Waals surface area (Å²) in [4.78, 5) is 22.4. The van der Waals surface area contributed by atoms with Gasteiger partial charge in [-0.1, -0.05) is 36.4 Å². The van der Waals surface area contributed by atoms with Gasteiger partial charge in [-0.05, 0) is 60.1 Å². The minimum Gasteiger partial charge on any atom is -0.338 e. The molecule has 6 nitrogen and oxygen atoms in total. The SMILES string of the molecule is N#Cc1ccc(C(=O)N[C@]2(c3nccc(-c4ccc5ccccc5c4)n3)CCNC2)cc1. The molecule has 32 heavy (non-hydrogen) atoms. The Bertz CT molecular complexity index is 1330. The average Bonchev–Trinajstić information content (AvgIpc) is 3.33. The third-order valence-electron chi connectivity index (χ3n) is 5.91. The summed E-state index contributed by atoms with van der Waals surface area (Å²) >= 11 is 0. The van der Waals surface area contributed by atoms with Crippen LogP contribution in [0.15, 0.2) is 79.0 Å². The highest BCUT2D eigenvalue weighted by atomic mass is 16.1. The number of aromatic nitrogens is 2. The van der Waals surface area contributed by atoms with Crippen molar-refractivity contribution in [1.82, 2.24) is 20.6 Å². The van der Waals surface area contributed by atoms with Gasteiger partial charge in [0.2, 0.25) is 0 Å². The van der Waals surface area contributed by atoms with Crippen molar-refractivity contribution in [3.63, 3.8) is 0 Å². The molecule has 0 bridgehead atoms. The Balaban J connectivity index is 1.48. The molecule has 1 aromatic heterocycles. The number of nitrogens with one attached hydrogen (secondary N) is 2. The monoisotopic (exact) mass is 419 g/mol. The lowest BCUT2D eigenvalue weighted by molar-refractivity contribution is 0.0900. The molecule has 6 heteroatoms. The minimum atomic E-state index is -0.697. The second-order valence-corrected chi connectivity index (χ2v) is 7.98. The summed E-state index contributed by atoms with van der Waals surface area (Å²) in [5.41, 5.74) is 2.15. The van der Waals surface area contributed by atoms with Crippen molar-refractivity contribution >= 4 is 16.7 Å². The molecule has 0 spiro atoms. The molecule has 1 atom stereocenters. The van der Waals surface area contributed by atoms with Crippen molar-refractivity contribution in [2.24, 2.45) is 0 Å². The van der Waals surface area contributed by atoms with Gasteiger partial charge < -0.3 is 10.6 Å². The van der Waals surface area contributed by atoms with Gasteiger partial charge in [-0.3, -0.25) is 4.79 Å². The molecule has 1 fully saturated rings. The second-order valence-electron chi connectivity index (χ2n) is 7.98. The zero-order chi connectivity index (χ0) is 22.0. The molecule has 2 N–H and O–H groups in total. The first-order chi connectivity index (χ1) is 15.7. The van der Waals surface area contributed by atoms with E-state index in [0.29, 0.717) is 29.9 Å². The van der Waals surface area contributed by atoms with E-state index < -0.39 is 5.54 Å². The van der Waals surface area contributed by atoms with E-state index in [1.54, 1.807) is 30.5 Å². The minimum absolute atomic E-state index is 0.210. The summed E-state index contributed by atoms with van der Waals surface area (Å²) in [5.74, 6) is 0.382. The Morgan fingerprint density at radius 1 is 1.03 bits per heavy atom. The van der Waals surface area contributed by atoms with E-state index in [2.05, 4.69) is 52.0 Å². The fraction of sp³-hybridized carbons (Fsp3) is 0.154. The van der Waals surface area contributed by atoms with E-state index in [1.807, 2.05) is 18.2 Å². The summed E-state index contributed by atoms with van der Waals surface area (Å²) in [6, 6.07) is 25.1. The summed E-state index contributed by atoms with van der Waals surface area (Å²) in [5, 5.41) is 17.8. The van der Waals surface area contributed by atoms with Crippen LogP contribution in [-0.2, 0) is 5.54 Å². The van der Waals surface area contributed by atoms with Gasteiger partial charge in [-0.25, -0.2) is 9.97 Å². The van der Waals surface area contributed by atoms with Crippen LogP contribution in [0.4, 0.5) is 0 Å². The maximum absolute atomic E-state index is 13.0. The van der Waals surface area contributed by atoms with Crippen LogP contribution in [0.2, 0.25) is 0 Å². The van der Waals surface area contributed by atoms with Gasteiger partial charge in [0, 0.05) is 23.9 Å². The fourth-order valence-corrected chi connectivity index (χ4v) is 4.13. The first-order valence-electron chi connectivity index (χ1n) is 10.5. The number of nitriles is 1. The maximum Gasteiger partial charge on any atom is 0.252 e. The van der Waals surface area contributed by atoms with E-state index in [9.17, 15) is 4.79 Å². The number of hydrogen-bond donors (Lipinski definition) is 2. The predicted molar refractivity (Wildman–Crippen MR) is 123 cm³/mol. The average molecular weight is 419 g/mol. The second kappa shape index (κ2) is 8.22. The molecule has 0 saturated carbocycles. The molecule has 0 aliphatic carbocycles. The van der Waals surface area contributed by atoms with Crippen molar-refractivity contribution in [2.45, 2.75) is 12.0 Å². The van der Waals surface area contributed by atoms with Crippen LogP contribution in [0.5, 0.6) is 0 Å². The Morgan fingerprint density at radius 3 is 2.59 bits per heavy atom. The normalized spacial score (nSPS) is 17.7. The summed E-state index contributed by atoms with van der Waals surface area (Å²) in [6.45, 7) is 1.31. The van der Waals surface area contributed by atoms with Gasteiger partial charge in [0.25, 0.3) is 5.91 Å². The largest absolute Gasteiger partial charge is 0.338 e. The number of nitrogens with zero attached hydrogens (tertiary/aromatic N) is 3. The Labute approximate surface area is 186 Å². The molecule has 156 valence electrons. The van der Waals surface area contributed by atoms with Gasteiger partial charge in [-0.2, -0.15) is 5.26 Å². The van der Waals surface area contributed by atoms with Crippen LogP contribution in [0, 0.1) is 11.3 Å². The van der Waals surface area contributed by atoms with Crippen molar-refractivity contribution < 1.29 is 4.79 Å². The maximum atomic E-state index is 13.0. The van der Waals surface area contributed by atoms with E-state index in [-0.39, 0.29) is 5.91 Å². The lowest BCUT2D eigenvalue weighted by Crippen LogP contribution is -2.48. The summed E-state index contributed by atoms with van der Waals surface area (Å²) < 4.78 is 0. The van der Waals surface area contributed by atoms with Gasteiger partial charge in [0.15, 0.2) is 5.82 Å². The highest BCUT2D eigenvalue weighted by molar-refractivity contribution is 5.95. The molecule has 0 radical (unpaired) electrons. The zero-order valence-electron chi connectivity index (χ0n) is 17.4. The number of amides is 1. The number of hydrogen-bond acceptors (Lipinski definition) is 5. The molecule has 1 aliphatic heterocycles. The first-order valence-corrected chi connectivity index (χ1v) is 10.5. The molecule has 1 amide bonds. The molecule has 0 unspecified atom stereocenters. The predicted octanol–water partition coefficient (Wildman–Crippen LogP) is 3.79. The van der Waals surface area contributed by atoms with Crippen molar-refractivity contribution in [3.05, 3.63) is 95.9 Å². The van der Waals surface area contributed by atoms with Crippen LogP contribution < -0.4 is 10.6 Å². The van der Waals surface area contributed by atoms with Crippen LogP contribution >= 0.6 is 0 Å². The number of carbonyl (C=O) groups excluding carboxylic acids is 1. The first kappa shape index (κ1) is 19.9. The third kappa shape index (κ3) is 3.70. The Hall–Kier alpha value is -4.08. The van der Waals surface area contributed by atoms with E-state index in [0.717, 1.165) is 23.2 Å².